The monoisotopic (exact) mass is 313 g/mol. The van der Waals surface area contributed by atoms with Crippen molar-refractivity contribution in [3.8, 4) is 0 Å². The molecule has 2 rings (SSSR count). The van der Waals surface area contributed by atoms with E-state index in [1.165, 1.54) is 24.3 Å². The van der Waals surface area contributed by atoms with Crippen LogP contribution in [-0.4, -0.2) is 18.4 Å². The van der Waals surface area contributed by atoms with Crippen molar-refractivity contribution in [2.24, 2.45) is 11.8 Å². The fraction of sp³-hybridized carbons (Fsp3) is 0.500. The van der Waals surface area contributed by atoms with E-state index in [9.17, 15) is 22.8 Å². The molecule has 1 atom stereocenters. The SMILES string of the molecule is O=CC1CCC(C(=O)N[C@H](c2ccccc2)C(F)(F)F)CC1. The molecule has 1 fully saturated rings. The highest BCUT2D eigenvalue weighted by Crippen LogP contribution is 2.34. The van der Waals surface area contributed by atoms with Crippen LogP contribution >= 0.6 is 0 Å². The van der Waals surface area contributed by atoms with Crippen molar-refractivity contribution >= 4 is 12.2 Å². The van der Waals surface area contributed by atoms with Crippen molar-refractivity contribution in [1.82, 2.24) is 5.32 Å². The molecule has 0 radical (unpaired) electrons. The standard InChI is InChI=1S/C16H18F3NO2/c17-16(18,19)14(12-4-2-1-3-5-12)20-15(22)13-8-6-11(10-21)7-9-13/h1-5,10-11,13-14H,6-9H2,(H,20,22)/t11?,13?,14-/m1/s1. The van der Waals surface area contributed by atoms with E-state index in [1.54, 1.807) is 6.07 Å². The van der Waals surface area contributed by atoms with Crippen LogP contribution < -0.4 is 5.32 Å². The smallest absolute Gasteiger partial charge is 0.341 e. The molecule has 0 heterocycles. The number of hydrogen-bond acceptors (Lipinski definition) is 2. The number of benzene rings is 1. The van der Waals surface area contributed by atoms with Gasteiger partial charge < -0.3 is 10.1 Å². The van der Waals surface area contributed by atoms with Gasteiger partial charge in [-0.05, 0) is 31.2 Å². The Kier molecular flexibility index (Phi) is 5.21. The molecule has 1 aromatic carbocycles. The molecule has 1 aliphatic rings. The molecular formula is C16H18F3NO2. The zero-order chi connectivity index (χ0) is 16.2. The van der Waals surface area contributed by atoms with Gasteiger partial charge in [-0.15, -0.1) is 0 Å². The van der Waals surface area contributed by atoms with Crippen LogP contribution in [0.5, 0.6) is 0 Å². The molecule has 22 heavy (non-hydrogen) atoms. The zero-order valence-electron chi connectivity index (χ0n) is 12.0. The van der Waals surface area contributed by atoms with Crippen LogP contribution in [-0.2, 0) is 9.59 Å². The minimum atomic E-state index is -4.54. The first-order valence-corrected chi connectivity index (χ1v) is 7.29. The second kappa shape index (κ2) is 6.94. The molecule has 0 saturated heterocycles. The van der Waals surface area contributed by atoms with Crippen LogP contribution in [0.25, 0.3) is 0 Å². The van der Waals surface area contributed by atoms with Crippen LogP contribution in [0.15, 0.2) is 30.3 Å². The summed E-state index contributed by atoms with van der Waals surface area (Å²) in [5.74, 6) is -1.11. The average Bonchev–Trinajstić information content (AvgIpc) is 2.52. The van der Waals surface area contributed by atoms with Gasteiger partial charge in [-0.3, -0.25) is 4.79 Å². The summed E-state index contributed by atoms with van der Waals surface area (Å²) >= 11 is 0. The predicted octanol–water partition coefficient (Wildman–Crippen LogP) is 3.41. The van der Waals surface area contributed by atoms with Gasteiger partial charge in [0.1, 0.15) is 6.29 Å². The minimum Gasteiger partial charge on any atom is -0.341 e. The maximum absolute atomic E-state index is 13.2. The van der Waals surface area contributed by atoms with Gasteiger partial charge in [-0.2, -0.15) is 13.2 Å². The third kappa shape index (κ3) is 4.08. The van der Waals surface area contributed by atoms with Crippen molar-refractivity contribution in [3.05, 3.63) is 35.9 Å². The summed E-state index contributed by atoms with van der Waals surface area (Å²) in [7, 11) is 0. The van der Waals surface area contributed by atoms with Crippen molar-refractivity contribution in [3.63, 3.8) is 0 Å². The Morgan fingerprint density at radius 2 is 1.73 bits per heavy atom. The minimum absolute atomic E-state index is 0.0185. The van der Waals surface area contributed by atoms with Crippen LogP contribution in [0.4, 0.5) is 13.2 Å². The first-order chi connectivity index (χ1) is 10.4. The summed E-state index contributed by atoms with van der Waals surface area (Å²) in [6.07, 6.45) is -1.66. The highest BCUT2D eigenvalue weighted by atomic mass is 19.4. The molecular weight excluding hydrogens is 295 g/mol. The molecule has 1 amide bonds. The van der Waals surface area contributed by atoms with Gasteiger partial charge >= 0.3 is 6.18 Å². The lowest BCUT2D eigenvalue weighted by atomic mass is 9.82. The lowest BCUT2D eigenvalue weighted by molar-refractivity contribution is -0.165. The molecule has 0 spiro atoms. The third-order valence-corrected chi connectivity index (χ3v) is 4.08. The maximum atomic E-state index is 13.2. The molecule has 1 aliphatic carbocycles. The summed E-state index contributed by atoms with van der Waals surface area (Å²) in [5, 5.41) is 2.12. The van der Waals surface area contributed by atoms with Crippen molar-refractivity contribution in [1.29, 1.82) is 0 Å². The summed E-state index contributed by atoms with van der Waals surface area (Å²) in [6.45, 7) is 0. The summed E-state index contributed by atoms with van der Waals surface area (Å²) in [4.78, 5) is 22.8. The van der Waals surface area contributed by atoms with Crippen LogP contribution in [0.3, 0.4) is 0 Å². The van der Waals surface area contributed by atoms with E-state index in [0.717, 1.165) is 6.29 Å². The summed E-state index contributed by atoms with van der Waals surface area (Å²) in [5.41, 5.74) is 0.0185. The Morgan fingerprint density at radius 1 is 1.14 bits per heavy atom. The fourth-order valence-corrected chi connectivity index (χ4v) is 2.78. The average molecular weight is 313 g/mol. The van der Waals surface area contributed by atoms with Gasteiger partial charge in [0.25, 0.3) is 0 Å². The van der Waals surface area contributed by atoms with E-state index < -0.39 is 24.0 Å². The highest BCUT2D eigenvalue weighted by molar-refractivity contribution is 5.79. The Bertz CT molecular complexity index is 508. The first-order valence-electron chi connectivity index (χ1n) is 7.29. The number of halogens is 3. The number of nitrogens with one attached hydrogen (secondary N) is 1. The molecule has 6 heteroatoms. The van der Waals surface area contributed by atoms with Gasteiger partial charge in [-0.25, -0.2) is 0 Å². The number of rotatable bonds is 4. The van der Waals surface area contributed by atoms with Gasteiger partial charge in [0, 0.05) is 11.8 Å². The summed E-state index contributed by atoms with van der Waals surface area (Å²) in [6, 6.07) is 5.35. The first kappa shape index (κ1) is 16.5. The van der Waals surface area contributed by atoms with Crippen molar-refractivity contribution in [2.45, 2.75) is 37.9 Å². The normalized spacial score (nSPS) is 23.6. The molecule has 3 nitrogen and oxygen atoms in total. The second-order valence-electron chi connectivity index (χ2n) is 5.64. The molecule has 0 bridgehead atoms. The largest absolute Gasteiger partial charge is 0.412 e. The molecule has 0 aliphatic heterocycles. The number of carbonyl (C=O) groups excluding carboxylic acids is 2. The molecule has 1 saturated carbocycles. The predicted molar refractivity (Wildman–Crippen MR) is 74.9 cm³/mol. The van der Waals surface area contributed by atoms with Crippen molar-refractivity contribution < 1.29 is 22.8 Å². The lowest BCUT2D eigenvalue weighted by Gasteiger charge is -2.28. The van der Waals surface area contributed by atoms with Crippen LogP contribution in [0.1, 0.15) is 37.3 Å². The number of alkyl halides is 3. The van der Waals surface area contributed by atoms with E-state index in [0.29, 0.717) is 25.7 Å². The summed E-state index contributed by atoms with van der Waals surface area (Å²) < 4.78 is 39.6. The van der Waals surface area contributed by atoms with Crippen LogP contribution in [0, 0.1) is 11.8 Å². The van der Waals surface area contributed by atoms with E-state index in [2.05, 4.69) is 5.32 Å². The second-order valence-corrected chi connectivity index (χ2v) is 5.64. The fourth-order valence-electron chi connectivity index (χ4n) is 2.78. The topological polar surface area (TPSA) is 46.2 Å². The Balaban J connectivity index is 2.05. The number of hydrogen-bond donors (Lipinski definition) is 1. The number of aldehydes is 1. The quantitative estimate of drug-likeness (QED) is 0.866. The van der Waals surface area contributed by atoms with Crippen molar-refractivity contribution in [2.75, 3.05) is 0 Å². The zero-order valence-corrected chi connectivity index (χ0v) is 12.0. The molecule has 1 aromatic rings. The van der Waals surface area contributed by atoms with E-state index in [-0.39, 0.29) is 11.5 Å². The van der Waals surface area contributed by atoms with E-state index in [1.807, 2.05) is 0 Å². The Hall–Kier alpha value is -1.85. The molecule has 1 N–H and O–H groups in total. The third-order valence-electron chi connectivity index (χ3n) is 4.08. The number of carbonyl (C=O) groups is 2. The van der Waals surface area contributed by atoms with Gasteiger partial charge in [0.05, 0.1) is 0 Å². The molecule has 0 unspecified atom stereocenters. The highest BCUT2D eigenvalue weighted by Gasteiger charge is 2.42. The maximum Gasteiger partial charge on any atom is 0.412 e. The van der Waals surface area contributed by atoms with Gasteiger partial charge in [-0.1, -0.05) is 30.3 Å². The molecule has 0 aromatic heterocycles. The lowest BCUT2D eigenvalue weighted by Crippen LogP contribution is -2.42. The number of amides is 1. The molecule has 120 valence electrons. The Labute approximate surface area is 126 Å². The Morgan fingerprint density at radius 3 is 2.23 bits per heavy atom. The van der Waals surface area contributed by atoms with Gasteiger partial charge in [0.15, 0.2) is 6.04 Å². The van der Waals surface area contributed by atoms with Crippen LogP contribution in [0.2, 0.25) is 0 Å². The van der Waals surface area contributed by atoms with E-state index >= 15 is 0 Å². The van der Waals surface area contributed by atoms with E-state index in [4.69, 9.17) is 0 Å². The van der Waals surface area contributed by atoms with Gasteiger partial charge in [0.2, 0.25) is 5.91 Å².